The molecular formula is C15H22N2O2. The maximum atomic E-state index is 5.34. The Morgan fingerprint density at radius 1 is 1.11 bits per heavy atom. The third-order valence-corrected chi connectivity index (χ3v) is 4.04. The molecule has 104 valence electrons. The fraction of sp³-hybridized carbons (Fsp3) is 0.600. The first-order chi connectivity index (χ1) is 9.30. The highest BCUT2D eigenvalue weighted by atomic mass is 16.5. The summed E-state index contributed by atoms with van der Waals surface area (Å²) < 4.78 is 10.6. The third-order valence-electron chi connectivity index (χ3n) is 4.04. The van der Waals surface area contributed by atoms with E-state index in [1.807, 2.05) is 12.1 Å². The standard InChI is InChI=1S/C15H22N2O2/c1-18-14-6-3-11(9-15(14)19-2)16-12-7-8-17(10-12)13-4-5-13/h3,6,9,12-13,16H,4-5,7-8,10H2,1-2H3. The van der Waals surface area contributed by atoms with Crippen LogP contribution in [0.15, 0.2) is 18.2 Å². The molecule has 3 rings (SSSR count). The average Bonchev–Trinajstić information content (AvgIpc) is 3.19. The number of anilines is 1. The zero-order valence-corrected chi connectivity index (χ0v) is 11.7. The van der Waals surface area contributed by atoms with Crippen molar-refractivity contribution >= 4 is 5.69 Å². The Bertz CT molecular complexity index is 446. The maximum absolute atomic E-state index is 5.34. The lowest BCUT2D eigenvalue weighted by atomic mass is 10.2. The van der Waals surface area contributed by atoms with Crippen molar-refractivity contribution in [1.82, 2.24) is 4.90 Å². The summed E-state index contributed by atoms with van der Waals surface area (Å²) in [7, 11) is 3.33. The Hall–Kier alpha value is -1.42. The predicted molar refractivity (Wildman–Crippen MR) is 76.2 cm³/mol. The number of nitrogens with zero attached hydrogens (tertiary/aromatic N) is 1. The summed E-state index contributed by atoms with van der Waals surface area (Å²) in [6.45, 7) is 2.40. The molecule has 1 aliphatic carbocycles. The van der Waals surface area contributed by atoms with Crippen LogP contribution < -0.4 is 14.8 Å². The van der Waals surface area contributed by atoms with Crippen molar-refractivity contribution in [3.63, 3.8) is 0 Å². The first kappa shape index (κ1) is 12.6. The van der Waals surface area contributed by atoms with Crippen molar-refractivity contribution < 1.29 is 9.47 Å². The summed E-state index contributed by atoms with van der Waals surface area (Å²) in [6, 6.07) is 7.45. The van der Waals surface area contributed by atoms with Crippen LogP contribution in [0.25, 0.3) is 0 Å². The van der Waals surface area contributed by atoms with E-state index in [9.17, 15) is 0 Å². The molecule has 0 radical (unpaired) electrons. The van der Waals surface area contributed by atoms with E-state index in [1.165, 1.54) is 32.4 Å². The number of hydrogen-bond acceptors (Lipinski definition) is 4. The van der Waals surface area contributed by atoms with E-state index in [1.54, 1.807) is 14.2 Å². The second-order valence-corrected chi connectivity index (χ2v) is 5.43. The van der Waals surface area contributed by atoms with Crippen LogP contribution in [0, 0.1) is 0 Å². The van der Waals surface area contributed by atoms with Crippen LogP contribution in [-0.2, 0) is 0 Å². The lowest BCUT2D eigenvalue weighted by molar-refractivity contribution is 0.326. The number of ether oxygens (including phenoxy) is 2. The molecule has 0 amide bonds. The van der Waals surface area contributed by atoms with Gasteiger partial charge in [0.2, 0.25) is 0 Å². The van der Waals surface area contributed by atoms with E-state index < -0.39 is 0 Å². The van der Waals surface area contributed by atoms with Gasteiger partial charge >= 0.3 is 0 Å². The van der Waals surface area contributed by atoms with E-state index >= 15 is 0 Å². The summed E-state index contributed by atoms with van der Waals surface area (Å²) in [5.74, 6) is 1.56. The zero-order chi connectivity index (χ0) is 13.2. The van der Waals surface area contributed by atoms with Crippen molar-refractivity contribution in [3.05, 3.63) is 18.2 Å². The van der Waals surface area contributed by atoms with E-state index in [-0.39, 0.29) is 0 Å². The Morgan fingerprint density at radius 2 is 1.89 bits per heavy atom. The second kappa shape index (κ2) is 5.29. The highest BCUT2D eigenvalue weighted by Crippen LogP contribution is 2.32. The number of rotatable bonds is 5. The van der Waals surface area contributed by atoms with Crippen molar-refractivity contribution in [3.8, 4) is 11.5 Å². The monoisotopic (exact) mass is 262 g/mol. The molecule has 19 heavy (non-hydrogen) atoms. The first-order valence-corrected chi connectivity index (χ1v) is 7.03. The Balaban J connectivity index is 1.63. The minimum absolute atomic E-state index is 0.554. The minimum Gasteiger partial charge on any atom is -0.493 e. The first-order valence-electron chi connectivity index (χ1n) is 7.03. The van der Waals surface area contributed by atoms with Gasteiger partial charge in [-0.1, -0.05) is 0 Å². The Kier molecular flexibility index (Phi) is 3.51. The van der Waals surface area contributed by atoms with Crippen LogP contribution in [0.4, 0.5) is 5.69 Å². The molecule has 1 aliphatic heterocycles. The van der Waals surface area contributed by atoms with Gasteiger partial charge in [-0.25, -0.2) is 0 Å². The van der Waals surface area contributed by atoms with E-state index in [0.29, 0.717) is 6.04 Å². The summed E-state index contributed by atoms with van der Waals surface area (Å²) >= 11 is 0. The summed E-state index contributed by atoms with van der Waals surface area (Å²) in [6.07, 6.45) is 4.01. The molecule has 4 heteroatoms. The van der Waals surface area contributed by atoms with Gasteiger partial charge in [0.25, 0.3) is 0 Å². The molecule has 1 unspecified atom stereocenters. The van der Waals surface area contributed by atoms with Gasteiger partial charge < -0.3 is 14.8 Å². The molecule has 0 aromatic heterocycles. The smallest absolute Gasteiger partial charge is 0.162 e. The average molecular weight is 262 g/mol. The van der Waals surface area contributed by atoms with Crippen LogP contribution in [-0.4, -0.2) is 44.3 Å². The molecule has 2 aliphatic rings. The third kappa shape index (κ3) is 2.78. The molecule has 1 aromatic rings. The fourth-order valence-electron chi connectivity index (χ4n) is 2.84. The molecule has 1 heterocycles. The quantitative estimate of drug-likeness (QED) is 0.883. The molecule has 1 atom stereocenters. The van der Waals surface area contributed by atoms with Gasteiger partial charge in [-0.05, 0) is 31.4 Å². The van der Waals surface area contributed by atoms with Gasteiger partial charge in [-0.3, -0.25) is 4.90 Å². The number of benzene rings is 1. The molecule has 2 fully saturated rings. The van der Waals surface area contributed by atoms with E-state index in [0.717, 1.165) is 23.2 Å². The highest BCUT2D eigenvalue weighted by Gasteiger charge is 2.34. The molecule has 1 saturated heterocycles. The summed E-state index contributed by atoms with van der Waals surface area (Å²) in [5, 5.41) is 3.60. The molecule has 1 N–H and O–H groups in total. The lowest BCUT2D eigenvalue weighted by Gasteiger charge is -2.17. The van der Waals surface area contributed by atoms with E-state index in [2.05, 4.69) is 16.3 Å². The summed E-state index contributed by atoms with van der Waals surface area (Å²) in [5.41, 5.74) is 1.11. The molecule has 4 nitrogen and oxygen atoms in total. The molecule has 0 bridgehead atoms. The van der Waals surface area contributed by atoms with Crippen molar-refractivity contribution in [2.75, 3.05) is 32.6 Å². The van der Waals surface area contributed by atoms with Gasteiger partial charge in [-0.2, -0.15) is 0 Å². The topological polar surface area (TPSA) is 33.7 Å². The lowest BCUT2D eigenvalue weighted by Crippen LogP contribution is -2.27. The van der Waals surface area contributed by atoms with Gasteiger partial charge in [0.05, 0.1) is 14.2 Å². The largest absolute Gasteiger partial charge is 0.493 e. The normalized spacial score (nSPS) is 23.4. The number of hydrogen-bond donors (Lipinski definition) is 1. The Labute approximate surface area is 114 Å². The number of methoxy groups -OCH3 is 2. The van der Waals surface area contributed by atoms with E-state index in [4.69, 9.17) is 9.47 Å². The van der Waals surface area contributed by atoms with Crippen molar-refractivity contribution in [2.45, 2.75) is 31.3 Å². The van der Waals surface area contributed by atoms with Gasteiger partial charge in [0.15, 0.2) is 11.5 Å². The predicted octanol–water partition coefficient (Wildman–Crippen LogP) is 2.35. The molecule has 1 saturated carbocycles. The Morgan fingerprint density at radius 3 is 2.58 bits per heavy atom. The van der Waals surface area contributed by atoms with Gasteiger partial charge in [0.1, 0.15) is 0 Å². The summed E-state index contributed by atoms with van der Waals surface area (Å²) in [4.78, 5) is 2.61. The van der Waals surface area contributed by atoms with Gasteiger partial charge in [-0.15, -0.1) is 0 Å². The highest BCUT2D eigenvalue weighted by molar-refractivity contribution is 5.55. The molecule has 1 aromatic carbocycles. The van der Waals surface area contributed by atoms with Crippen LogP contribution in [0.1, 0.15) is 19.3 Å². The van der Waals surface area contributed by atoms with Crippen LogP contribution in [0.3, 0.4) is 0 Å². The number of likely N-dealkylation sites (tertiary alicyclic amines) is 1. The van der Waals surface area contributed by atoms with Crippen LogP contribution in [0.5, 0.6) is 11.5 Å². The number of nitrogens with one attached hydrogen (secondary N) is 1. The van der Waals surface area contributed by atoms with Crippen molar-refractivity contribution in [2.24, 2.45) is 0 Å². The second-order valence-electron chi connectivity index (χ2n) is 5.43. The minimum atomic E-state index is 0.554. The molecule has 0 spiro atoms. The maximum Gasteiger partial charge on any atom is 0.162 e. The van der Waals surface area contributed by atoms with Crippen molar-refractivity contribution in [1.29, 1.82) is 0 Å². The van der Waals surface area contributed by atoms with Gasteiger partial charge in [0, 0.05) is 36.9 Å². The van der Waals surface area contributed by atoms with Crippen LogP contribution >= 0.6 is 0 Å². The zero-order valence-electron chi connectivity index (χ0n) is 11.7. The molecular weight excluding hydrogens is 240 g/mol. The SMILES string of the molecule is COc1ccc(NC2CCN(C3CC3)C2)cc1OC. The van der Waals surface area contributed by atoms with Crippen LogP contribution in [0.2, 0.25) is 0 Å². The fourth-order valence-corrected chi connectivity index (χ4v) is 2.84.